The van der Waals surface area contributed by atoms with Gasteiger partial charge in [0.1, 0.15) is 5.82 Å². The fraction of sp³-hybridized carbons (Fsp3) is 0.500. The van der Waals surface area contributed by atoms with Gasteiger partial charge in [0.2, 0.25) is 0 Å². The molecule has 1 aromatic rings. The summed E-state index contributed by atoms with van der Waals surface area (Å²) in [5.41, 5.74) is 0.624. The number of nitrogens with one attached hydrogen (secondary N) is 1. The van der Waals surface area contributed by atoms with Gasteiger partial charge in [-0.1, -0.05) is 17.7 Å². The zero-order valence-corrected chi connectivity index (χ0v) is 10.6. The van der Waals surface area contributed by atoms with Crippen LogP contribution in [0.5, 0.6) is 0 Å². The molecule has 18 heavy (non-hydrogen) atoms. The van der Waals surface area contributed by atoms with Gasteiger partial charge < -0.3 is 5.32 Å². The molecule has 0 saturated heterocycles. The molecule has 6 heteroatoms. The normalized spacial score (nSPS) is 13.7. The number of benzene rings is 1. The van der Waals surface area contributed by atoms with Crippen molar-refractivity contribution in [1.82, 2.24) is 5.32 Å². The van der Waals surface area contributed by atoms with Crippen molar-refractivity contribution in [2.75, 3.05) is 7.05 Å². The minimum atomic E-state index is -4.17. The summed E-state index contributed by atoms with van der Waals surface area (Å²) in [6, 6.07) is 3.93. The molecule has 0 aromatic heterocycles. The molecule has 0 saturated carbocycles. The van der Waals surface area contributed by atoms with E-state index in [1.807, 2.05) is 0 Å². The van der Waals surface area contributed by atoms with E-state index in [1.54, 1.807) is 13.1 Å². The van der Waals surface area contributed by atoms with Crippen molar-refractivity contribution >= 4 is 11.6 Å². The van der Waals surface area contributed by atoms with Crippen molar-refractivity contribution in [1.29, 1.82) is 0 Å². The standard InChI is InChI=1S/C12H14ClF4N/c1-18-9(4-5-12(15,16)17)6-8-2-3-10(13)11(14)7-8/h2-3,7,9,18H,4-6H2,1H3. The minimum absolute atomic E-state index is 0.00930. The zero-order valence-electron chi connectivity index (χ0n) is 9.82. The van der Waals surface area contributed by atoms with E-state index in [9.17, 15) is 17.6 Å². The number of hydrogen-bond donors (Lipinski definition) is 1. The van der Waals surface area contributed by atoms with E-state index in [2.05, 4.69) is 5.32 Å². The molecule has 0 amide bonds. The molecule has 0 heterocycles. The van der Waals surface area contributed by atoms with Crippen LogP contribution in [-0.4, -0.2) is 19.3 Å². The smallest absolute Gasteiger partial charge is 0.317 e. The van der Waals surface area contributed by atoms with Crippen molar-refractivity contribution in [2.24, 2.45) is 0 Å². The Balaban J connectivity index is 2.59. The third-order valence-electron chi connectivity index (χ3n) is 2.65. The number of alkyl halides is 3. The van der Waals surface area contributed by atoms with Crippen LogP contribution in [-0.2, 0) is 6.42 Å². The van der Waals surface area contributed by atoms with Gasteiger partial charge in [-0.05, 0) is 37.6 Å². The van der Waals surface area contributed by atoms with Crippen molar-refractivity contribution in [3.8, 4) is 0 Å². The molecule has 102 valence electrons. The lowest BCUT2D eigenvalue weighted by Gasteiger charge is -2.17. The molecule has 1 unspecified atom stereocenters. The molecule has 0 spiro atoms. The highest BCUT2D eigenvalue weighted by Crippen LogP contribution is 2.23. The highest BCUT2D eigenvalue weighted by atomic mass is 35.5. The number of hydrogen-bond acceptors (Lipinski definition) is 1. The van der Waals surface area contributed by atoms with Gasteiger partial charge in [0.05, 0.1) is 5.02 Å². The summed E-state index contributed by atoms with van der Waals surface area (Å²) in [6.45, 7) is 0. The lowest BCUT2D eigenvalue weighted by molar-refractivity contribution is -0.136. The predicted octanol–water partition coefficient (Wildman–Crippen LogP) is 3.95. The maximum Gasteiger partial charge on any atom is 0.389 e. The molecule has 0 bridgehead atoms. The SMILES string of the molecule is CNC(CCC(F)(F)F)Cc1ccc(Cl)c(F)c1. The Morgan fingerprint density at radius 2 is 2.00 bits per heavy atom. The molecule has 0 aliphatic rings. The first-order chi connectivity index (χ1) is 8.31. The van der Waals surface area contributed by atoms with Gasteiger partial charge in [-0.25, -0.2) is 4.39 Å². The first kappa shape index (κ1) is 15.2. The molecule has 1 aromatic carbocycles. The highest BCUT2D eigenvalue weighted by molar-refractivity contribution is 6.30. The molecule has 1 rings (SSSR count). The third kappa shape index (κ3) is 5.23. The highest BCUT2D eigenvalue weighted by Gasteiger charge is 2.28. The van der Waals surface area contributed by atoms with Gasteiger partial charge in [-0.2, -0.15) is 13.2 Å². The van der Waals surface area contributed by atoms with E-state index in [1.165, 1.54) is 12.1 Å². The molecule has 1 nitrogen and oxygen atoms in total. The summed E-state index contributed by atoms with van der Waals surface area (Å²) in [5.74, 6) is -0.556. The average molecular weight is 284 g/mol. The predicted molar refractivity (Wildman–Crippen MR) is 63.3 cm³/mol. The molecule has 0 radical (unpaired) electrons. The van der Waals surface area contributed by atoms with Gasteiger partial charge in [-0.15, -0.1) is 0 Å². The Bertz CT molecular complexity index is 392. The van der Waals surface area contributed by atoms with Crippen molar-refractivity contribution in [3.63, 3.8) is 0 Å². The maximum absolute atomic E-state index is 13.2. The van der Waals surface area contributed by atoms with E-state index >= 15 is 0 Å². The second-order valence-electron chi connectivity index (χ2n) is 4.09. The number of rotatable bonds is 5. The fourth-order valence-electron chi connectivity index (χ4n) is 1.64. The Hall–Kier alpha value is -0.810. The first-order valence-electron chi connectivity index (χ1n) is 5.50. The zero-order chi connectivity index (χ0) is 13.8. The van der Waals surface area contributed by atoms with Crippen LogP contribution in [0.25, 0.3) is 0 Å². The number of likely N-dealkylation sites (N-methyl/N-ethyl adjacent to an activating group) is 1. The molecular weight excluding hydrogens is 270 g/mol. The lowest BCUT2D eigenvalue weighted by atomic mass is 10.0. The van der Waals surface area contributed by atoms with Crippen LogP contribution in [0.1, 0.15) is 18.4 Å². The molecule has 0 fully saturated rings. The Kier molecular flexibility index (Phi) is 5.41. The van der Waals surface area contributed by atoms with E-state index in [-0.39, 0.29) is 17.5 Å². The largest absolute Gasteiger partial charge is 0.389 e. The molecule has 1 N–H and O–H groups in total. The summed E-state index contributed by atoms with van der Waals surface area (Å²) in [4.78, 5) is 0. The van der Waals surface area contributed by atoms with E-state index in [0.717, 1.165) is 0 Å². The maximum atomic E-state index is 13.2. The molecule has 0 aliphatic heterocycles. The first-order valence-corrected chi connectivity index (χ1v) is 5.87. The Labute approximate surface area is 108 Å². The van der Waals surface area contributed by atoms with E-state index in [0.29, 0.717) is 12.0 Å². The fourth-order valence-corrected chi connectivity index (χ4v) is 1.76. The second kappa shape index (κ2) is 6.38. The van der Waals surface area contributed by atoms with Crippen LogP contribution >= 0.6 is 11.6 Å². The van der Waals surface area contributed by atoms with Crippen LogP contribution < -0.4 is 5.32 Å². The van der Waals surface area contributed by atoms with E-state index < -0.39 is 18.4 Å². The van der Waals surface area contributed by atoms with Crippen LogP contribution in [0.3, 0.4) is 0 Å². The van der Waals surface area contributed by atoms with Gasteiger partial charge in [0.25, 0.3) is 0 Å². The van der Waals surface area contributed by atoms with Gasteiger partial charge in [-0.3, -0.25) is 0 Å². The quantitative estimate of drug-likeness (QED) is 0.807. The summed E-state index contributed by atoms with van der Waals surface area (Å²) < 4.78 is 49.5. The summed E-state index contributed by atoms with van der Waals surface area (Å²) >= 11 is 5.53. The summed E-state index contributed by atoms with van der Waals surface area (Å²) in [7, 11) is 1.59. The lowest BCUT2D eigenvalue weighted by Crippen LogP contribution is -2.29. The average Bonchev–Trinajstić information content (AvgIpc) is 2.28. The second-order valence-corrected chi connectivity index (χ2v) is 4.50. The summed E-state index contributed by atoms with van der Waals surface area (Å²) in [5, 5.41) is 2.81. The topological polar surface area (TPSA) is 12.0 Å². The minimum Gasteiger partial charge on any atom is -0.317 e. The Morgan fingerprint density at radius 3 is 2.50 bits per heavy atom. The van der Waals surface area contributed by atoms with E-state index in [4.69, 9.17) is 11.6 Å². The van der Waals surface area contributed by atoms with Crippen molar-refractivity contribution < 1.29 is 17.6 Å². The van der Waals surface area contributed by atoms with Crippen molar-refractivity contribution in [2.45, 2.75) is 31.5 Å². The van der Waals surface area contributed by atoms with Crippen molar-refractivity contribution in [3.05, 3.63) is 34.6 Å². The van der Waals surface area contributed by atoms with Crippen LogP contribution in [0.4, 0.5) is 17.6 Å². The van der Waals surface area contributed by atoms with Crippen LogP contribution in [0.2, 0.25) is 5.02 Å². The van der Waals surface area contributed by atoms with Crippen LogP contribution in [0.15, 0.2) is 18.2 Å². The van der Waals surface area contributed by atoms with Gasteiger partial charge >= 0.3 is 6.18 Å². The molecule has 1 atom stereocenters. The van der Waals surface area contributed by atoms with Crippen LogP contribution in [0, 0.1) is 5.82 Å². The summed E-state index contributed by atoms with van der Waals surface area (Å²) in [6.07, 6.45) is -4.72. The molecule has 0 aliphatic carbocycles. The third-order valence-corrected chi connectivity index (χ3v) is 2.96. The Morgan fingerprint density at radius 1 is 1.33 bits per heavy atom. The van der Waals surface area contributed by atoms with Gasteiger partial charge in [0.15, 0.2) is 0 Å². The molecular formula is C12H14ClF4N. The number of halogens is 5. The van der Waals surface area contributed by atoms with Gasteiger partial charge in [0, 0.05) is 12.5 Å². The monoisotopic (exact) mass is 283 g/mol.